The molecule has 1 amide bonds. The lowest BCUT2D eigenvalue weighted by Gasteiger charge is -2.39. The normalized spacial score (nSPS) is 20.6. The minimum absolute atomic E-state index is 0.105. The molecular formula is C20H30N4OS2. The summed E-state index contributed by atoms with van der Waals surface area (Å²) in [5.41, 5.74) is 0.408. The maximum Gasteiger partial charge on any atom is 0.222 e. The van der Waals surface area contributed by atoms with Gasteiger partial charge in [-0.05, 0) is 60.7 Å². The lowest BCUT2D eigenvalue weighted by Crippen LogP contribution is -2.40. The molecule has 2 heterocycles. The van der Waals surface area contributed by atoms with Crippen LogP contribution in [0, 0.1) is 16.1 Å². The molecule has 1 aliphatic carbocycles. The van der Waals surface area contributed by atoms with Gasteiger partial charge in [-0.25, -0.2) is 0 Å². The Hall–Kier alpha value is -1.47. The van der Waals surface area contributed by atoms with Crippen LogP contribution in [-0.2, 0) is 11.3 Å². The van der Waals surface area contributed by atoms with Crippen molar-refractivity contribution in [2.75, 3.05) is 0 Å². The summed E-state index contributed by atoms with van der Waals surface area (Å²) in [6.45, 7) is 7.57. The molecule has 0 saturated heterocycles. The van der Waals surface area contributed by atoms with Gasteiger partial charge in [0.2, 0.25) is 5.91 Å². The molecule has 1 saturated carbocycles. The number of carbonyl (C=O) groups excluding carboxylic acids is 1. The van der Waals surface area contributed by atoms with Crippen molar-refractivity contribution in [2.24, 2.45) is 11.3 Å². The van der Waals surface area contributed by atoms with Gasteiger partial charge in [0, 0.05) is 19.0 Å². The molecule has 5 nitrogen and oxygen atoms in total. The Balaban J connectivity index is 1.50. The number of aromatic nitrogens is 3. The summed E-state index contributed by atoms with van der Waals surface area (Å²) in [5, 5.41) is 12.4. The molecule has 0 radical (unpaired) electrons. The standard InChI is InChI=1S/C20H30N4OS2/c1-4-20(2,3)14-7-9-15(10-8-14)21-17(25)11-12-24-18(22-23-19(24)26)16-6-5-13-27-16/h5-6,13-15H,4,7-12H2,1-3H3,(H,21,25)(H,23,26). The van der Waals surface area contributed by atoms with Gasteiger partial charge in [0.15, 0.2) is 10.6 Å². The second-order valence-electron chi connectivity index (χ2n) is 8.19. The number of thiophene rings is 1. The second-order valence-corrected chi connectivity index (χ2v) is 9.52. The Labute approximate surface area is 170 Å². The van der Waals surface area contributed by atoms with Crippen LogP contribution in [0.2, 0.25) is 0 Å². The van der Waals surface area contributed by atoms with E-state index in [9.17, 15) is 4.79 Å². The predicted octanol–water partition coefficient (Wildman–Crippen LogP) is 5.17. The van der Waals surface area contributed by atoms with E-state index in [4.69, 9.17) is 12.2 Å². The SMILES string of the molecule is CCC(C)(C)C1CCC(NC(=O)CCn2c(-c3cccs3)n[nH]c2=S)CC1. The zero-order valence-electron chi connectivity index (χ0n) is 16.5. The summed E-state index contributed by atoms with van der Waals surface area (Å²) in [6.07, 6.45) is 6.23. The average Bonchev–Trinajstić information content (AvgIpc) is 3.30. The summed E-state index contributed by atoms with van der Waals surface area (Å²) in [6, 6.07) is 4.32. The van der Waals surface area contributed by atoms with Gasteiger partial charge in [-0.2, -0.15) is 5.10 Å². The monoisotopic (exact) mass is 406 g/mol. The van der Waals surface area contributed by atoms with E-state index in [0.29, 0.717) is 29.2 Å². The highest BCUT2D eigenvalue weighted by Gasteiger charge is 2.32. The average molecular weight is 407 g/mol. The Morgan fingerprint density at radius 3 is 2.78 bits per heavy atom. The van der Waals surface area contributed by atoms with Crippen molar-refractivity contribution in [3.8, 4) is 10.7 Å². The molecule has 27 heavy (non-hydrogen) atoms. The predicted molar refractivity (Wildman–Crippen MR) is 113 cm³/mol. The third-order valence-electron chi connectivity index (χ3n) is 6.17. The fourth-order valence-corrected chi connectivity index (χ4v) is 4.89. The van der Waals surface area contributed by atoms with Gasteiger partial charge >= 0.3 is 0 Å². The van der Waals surface area contributed by atoms with E-state index in [2.05, 4.69) is 36.3 Å². The molecule has 2 N–H and O–H groups in total. The second kappa shape index (κ2) is 8.69. The summed E-state index contributed by atoms with van der Waals surface area (Å²) >= 11 is 6.96. The smallest absolute Gasteiger partial charge is 0.222 e. The number of aromatic amines is 1. The molecule has 7 heteroatoms. The molecule has 2 aromatic heterocycles. The molecule has 0 aliphatic heterocycles. The fraction of sp³-hybridized carbons (Fsp3) is 0.650. The number of nitrogens with one attached hydrogen (secondary N) is 2. The van der Waals surface area contributed by atoms with Crippen LogP contribution in [0.5, 0.6) is 0 Å². The van der Waals surface area contributed by atoms with Crippen LogP contribution in [0.25, 0.3) is 10.7 Å². The molecule has 1 aliphatic rings. The molecule has 0 atom stereocenters. The van der Waals surface area contributed by atoms with Gasteiger partial charge in [-0.3, -0.25) is 14.5 Å². The lowest BCUT2D eigenvalue weighted by atomic mass is 9.69. The minimum Gasteiger partial charge on any atom is -0.353 e. The van der Waals surface area contributed by atoms with E-state index in [1.54, 1.807) is 11.3 Å². The van der Waals surface area contributed by atoms with Gasteiger partial charge in [-0.1, -0.05) is 33.3 Å². The number of nitrogens with zero attached hydrogens (tertiary/aromatic N) is 2. The quantitative estimate of drug-likeness (QED) is 0.624. The third-order valence-corrected chi connectivity index (χ3v) is 7.35. The fourth-order valence-electron chi connectivity index (χ4n) is 3.94. The van der Waals surface area contributed by atoms with Crippen molar-refractivity contribution in [3.05, 3.63) is 22.3 Å². The number of carbonyl (C=O) groups is 1. The van der Waals surface area contributed by atoms with Crippen molar-refractivity contribution in [1.82, 2.24) is 20.1 Å². The highest BCUT2D eigenvalue weighted by molar-refractivity contribution is 7.71. The lowest BCUT2D eigenvalue weighted by molar-refractivity contribution is -0.122. The number of hydrogen-bond acceptors (Lipinski definition) is 4. The Morgan fingerprint density at radius 2 is 2.15 bits per heavy atom. The van der Waals surface area contributed by atoms with Crippen LogP contribution >= 0.6 is 23.6 Å². The van der Waals surface area contributed by atoms with Gasteiger partial charge < -0.3 is 5.32 Å². The first-order chi connectivity index (χ1) is 12.9. The summed E-state index contributed by atoms with van der Waals surface area (Å²) < 4.78 is 2.48. The first kappa shape index (κ1) is 20.3. The zero-order chi connectivity index (χ0) is 19.4. The summed E-state index contributed by atoms with van der Waals surface area (Å²) in [4.78, 5) is 13.5. The molecule has 0 aromatic carbocycles. The van der Waals surface area contributed by atoms with Gasteiger partial charge in [0.1, 0.15) is 0 Å². The number of hydrogen-bond donors (Lipinski definition) is 2. The molecule has 148 valence electrons. The first-order valence-corrected chi connectivity index (χ1v) is 11.2. The molecule has 3 rings (SSSR count). The molecule has 0 spiro atoms. The van der Waals surface area contributed by atoms with Crippen molar-refractivity contribution in [2.45, 2.75) is 71.9 Å². The Bertz CT molecular complexity index is 798. The highest BCUT2D eigenvalue weighted by Crippen LogP contribution is 2.40. The summed E-state index contributed by atoms with van der Waals surface area (Å²) in [7, 11) is 0. The molecule has 2 aromatic rings. The molecular weight excluding hydrogens is 376 g/mol. The highest BCUT2D eigenvalue weighted by atomic mass is 32.1. The maximum absolute atomic E-state index is 12.5. The van der Waals surface area contributed by atoms with E-state index in [-0.39, 0.29) is 5.91 Å². The van der Waals surface area contributed by atoms with Crippen LogP contribution < -0.4 is 5.32 Å². The summed E-state index contributed by atoms with van der Waals surface area (Å²) in [5.74, 6) is 1.69. The van der Waals surface area contributed by atoms with E-state index in [1.807, 2.05) is 22.1 Å². The van der Waals surface area contributed by atoms with Gasteiger partial charge in [0.05, 0.1) is 4.88 Å². The zero-order valence-corrected chi connectivity index (χ0v) is 18.1. The Morgan fingerprint density at radius 1 is 1.41 bits per heavy atom. The van der Waals surface area contributed by atoms with E-state index >= 15 is 0 Å². The minimum atomic E-state index is 0.105. The van der Waals surface area contributed by atoms with Crippen molar-refractivity contribution in [1.29, 1.82) is 0 Å². The first-order valence-electron chi connectivity index (χ1n) is 9.89. The maximum atomic E-state index is 12.5. The van der Waals surface area contributed by atoms with Crippen LogP contribution in [0.1, 0.15) is 59.3 Å². The van der Waals surface area contributed by atoms with Crippen LogP contribution in [-0.4, -0.2) is 26.7 Å². The molecule has 0 unspecified atom stereocenters. The number of rotatable bonds is 7. The van der Waals surface area contributed by atoms with E-state index < -0.39 is 0 Å². The third kappa shape index (κ3) is 4.88. The van der Waals surface area contributed by atoms with Gasteiger partial charge in [0.25, 0.3) is 0 Å². The van der Waals surface area contributed by atoms with Crippen LogP contribution in [0.3, 0.4) is 0 Å². The van der Waals surface area contributed by atoms with Crippen molar-refractivity contribution >= 4 is 29.5 Å². The van der Waals surface area contributed by atoms with Crippen LogP contribution in [0.15, 0.2) is 17.5 Å². The largest absolute Gasteiger partial charge is 0.353 e. The number of amides is 1. The Kier molecular flexibility index (Phi) is 6.52. The van der Waals surface area contributed by atoms with Crippen molar-refractivity contribution in [3.63, 3.8) is 0 Å². The topological polar surface area (TPSA) is 62.7 Å². The van der Waals surface area contributed by atoms with Crippen LogP contribution in [0.4, 0.5) is 0 Å². The van der Waals surface area contributed by atoms with Gasteiger partial charge in [-0.15, -0.1) is 11.3 Å². The molecule has 1 fully saturated rings. The van der Waals surface area contributed by atoms with E-state index in [0.717, 1.165) is 29.5 Å². The van der Waals surface area contributed by atoms with Crippen molar-refractivity contribution < 1.29 is 4.79 Å². The molecule has 0 bridgehead atoms. The number of H-pyrrole nitrogens is 1. The van der Waals surface area contributed by atoms with E-state index in [1.165, 1.54) is 19.3 Å².